The Morgan fingerprint density at radius 2 is 1.90 bits per heavy atom. The van der Waals surface area contributed by atoms with Crippen LogP contribution in [-0.2, 0) is 4.74 Å². The van der Waals surface area contributed by atoms with Crippen molar-refractivity contribution in [2.45, 2.75) is 46.2 Å². The third-order valence-electron chi connectivity index (χ3n) is 3.94. The van der Waals surface area contributed by atoms with E-state index in [2.05, 4.69) is 37.9 Å². The van der Waals surface area contributed by atoms with Gasteiger partial charge in [-0.1, -0.05) is 13.8 Å². The topological polar surface area (TPSA) is 44.8 Å². The van der Waals surface area contributed by atoms with Crippen molar-refractivity contribution in [1.82, 2.24) is 15.1 Å². The monoisotopic (exact) mass is 285 g/mol. The smallest absolute Gasteiger partial charge is 0.317 e. The number of carbonyl (C=O) groups is 1. The number of methoxy groups -OCH3 is 1. The molecule has 2 amide bonds. The van der Waals surface area contributed by atoms with Crippen molar-refractivity contribution in [3.63, 3.8) is 0 Å². The van der Waals surface area contributed by atoms with Crippen LogP contribution in [0, 0.1) is 5.92 Å². The van der Waals surface area contributed by atoms with Gasteiger partial charge >= 0.3 is 6.03 Å². The number of hydrogen-bond donors (Lipinski definition) is 1. The predicted molar refractivity (Wildman–Crippen MR) is 81.9 cm³/mol. The van der Waals surface area contributed by atoms with E-state index in [0.717, 1.165) is 39.2 Å². The van der Waals surface area contributed by atoms with Crippen LogP contribution < -0.4 is 5.32 Å². The van der Waals surface area contributed by atoms with Crippen LogP contribution in [0.5, 0.6) is 0 Å². The molecule has 1 aliphatic rings. The summed E-state index contributed by atoms with van der Waals surface area (Å²) in [6.45, 7) is 12.7. The van der Waals surface area contributed by atoms with Gasteiger partial charge in [0, 0.05) is 45.4 Å². The second kappa shape index (κ2) is 8.47. The fraction of sp³-hybridized carbons (Fsp3) is 0.933. The molecule has 0 bridgehead atoms. The van der Waals surface area contributed by atoms with Crippen LogP contribution in [0.25, 0.3) is 0 Å². The summed E-state index contributed by atoms with van der Waals surface area (Å²) in [5.41, 5.74) is 0. The average Bonchev–Trinajstić information content (AvgIpc) is 2.37. The lowest BCUT2D eigenvalue weighted by Crippen LogP contribution is -2.60. The van der Waals surface area contributed by atoms with E-state index >= 15 is 0 Å². The largest absolute Gasteiger partial charge is 0.383 e. The van der Waals surface area contributed by atoms with Crippen molar-refractivity contribution >= 4 is 6.03 Å². The first-order chi connectivity index (χ1) is 9.45. The Labute approximate surface area is 123 Å². The molecule has 20 heavy (non-hydrogen) atoms. The molecular formula is C15H31N3O2. The molecule has 0 saturated carbocycles. The molecule has 0 radical (unpaired) electrons. The zero-order chi connectivity index (χ0) is 15.1. The summed E-state index contributed by atoms with van der Waals surface area (Å²) >= 11 is 0. The van der Waals surface area contributed by atoms with Gasteiger partial charge in [0.05, 0.1) is 6.61 Å². The second-order valence-corrected chi connectivity index (χ2v) is 6.25. The van der Waals surface area contributed by atoms with Gasteiger partial charge in [-0.05, 0) is 26.2 Å². The van der Waals surface area contributed by atoms with E-state index in [1.807, 2.05) is 4.90 Å². The van der Waals surface area contributed by atoms with Crippen molar-refractivity contribution in [2.24, 2.45) is 5.92 Å². The minimum atomic E-state index is 0.0794. The Morgan fingerprint density at radius 1 is 1.30 bits per heavy atom. The van der Waals surface area contributed by atoms with Gasteiger partial charge < -0.3 is 15.0 Å². The van der Waals surface area contributed by atoms with Gasteiger partial charge in [-0.2, -0.15) is 0 Å². The quantitative estimate of drug-likeness (QED) is 0.809. The van der Waals surface area contributed by atoms with E-state index < -0.39 is 0 Å². The molecule has 1 aliphatic heterocycles. The molecule has 0 spiro atoms. The van der Waals surface area contributed by atoms with Crippen molar-refractivity contribution in [2.75, 3.05) is 39.9 Å². The molecule has 1 saturated heterocycles. The number of nitrogens with zero attached hydrogens (tertiary/aromatic N) is 2. The van der Waals surface area contributed by atoms with E-state index in [4.69, 9.17) is 4.74 Å². The Morgan fingerprint density at radius 3 is 2.40 bits per heavy atom. The summed E-state index contributed by atoms with van der Waals surface area (Å²) in [6.07, 6.45) is 1.03. The Hall–Kier alpha value is -0.810. The normalized spacial score (nSPS) is 24.2. The number of carbonyl (C=O) groups excluding carboxylic acids is 1. The number of ether oxygens (including phenoxy) is 1. The highest BCUT2D eigenvalue weighted by Gasteiger charge is 2.31. The van der Waals surface area contributed by atoms with Crippen LogP contribution in [0.15, 0.2) is 0 Å². The fourth-order valence-electron chi connectivity index (χ4n) is 2.74. The molecule has 118 valence electrons. The van der Waals surface area contributed by atoms with Crippen molar-refractivity contribution < 1.29 is 9.53 Å². The molecule has 2 unspecified atom stereocenters. The zero-order valence-electron chi connectivity index (χ0n) is 13.7. The third-order valence-corrected chi connectivity index (χ3v) is 3.94. The van der Waals surface area contributed by atoms with Crippen LogP contribution >= 0.6 is 0 Å². The van der Waals surface area contributed by atoms with Crippen molar-refractivity contribution in [3.05, 3.63) is 0 Å². The summed E-state index contributed by atoms with van der Waals surface area (Å²) in [5, 5.41) is 3.03. The molecule has 0 aliphatic carbocycles. The summed E-state index contributed by atoms with van der Waals surface area (Å²) in [4.78, 5) is 16.5. The van der Waals surface area contributed by atoms with Crippen molar-refractivity contribution in [3.8, 4) is 0 Å². The standard InChI is InChI=1S/C15H31N3O2/c1-12(2)6-7-16-15(19)17-10-13(3)18(8-9-20-5)14(4)11-17/h12-14H,6-11H2,1-5H3,(H,16,19). The maximum absolute atomic E-state index is 12.2. The van der Waals surface area contributed by atoms with E-state index in [0.29, 0.717) is 18.0 Å². The molecule has 5 nitrogen and oxygen atoms in total. The first-order valence-electron chi connectivity index (χ1n) is 7.73. The number of urea groups is 1. The summed E-state index contributed by atoms with van der Waals surface area (Å²) in [6, 6.07) is 0.838. The van der Waals surface area contributed by atoms with Gasteiger partial charge in [0.25, 0.3) is 0 Å². The van der Waals surface area contributed by atoms with Gasteiger partial charge in [0.15, 0.2) is 0 Å². The average molecular weight is 285 g/mol. The molecule has 5 heteroatoms. The molecule has 2 atom stereocenters. The van der Waals surface area contributed by atoms with Gasteiger partial charge in [-0.3, -0.25) is 4.90 Å². The van der Waals surface area contributed by atoms with Crippen LogP contribution in [-0.4, -0.2) is 67.8 Å². The predicted octanol–water partition coefficient (Wildman–Crippen LogP) is 1.78. The maximum Gasteiger partial charge on any atom is 0.317 e. The lowest BCUT2D eigenvalue weighted by molar-refractivity contribution is 0.0348. The summed E-state index contributed by atoms with van der Waals surface area (Å²) in [5.74, 6) is 0.624. The zero-order valence-corrected chi connectivity index (χ0v) is 13.7. The van der Waals surface area contributed by atoms with Gasteiger partial charge in [0.1, 0.15) is 0 Å². The lowest BCUT2D eigenvalue weighted by Gasteiger charge is -2.44. The highest BCUT2D eigenvalue weighted by Crippen LogP contribution is 2.15. The van der Waals surface area contributed by atoms with Gasteiger partial charge in [0.2, 0.25) is 0 Å². The Balaban J connectivity index is 2.41. The van der Waals surface area contributed by atoms with E-state index in [9.17, 15) is 4.79 Å². The van der Waals surface area contributed by atoms with E-state index in [1.54, 1.807) is 7.11 Å². The maximum atomic E-state index is 12.2. The summed E-state index contributed by atoms with van der Waals surface area (Å²) in [7, 11) is 1.73. The third kappa shape index (κ3) is 5.29. The van der Waals surface area contributed by atoms with Crippen LogP contribution in [0.4, 0.5) is 4.79 Å². The van der Waals surface area contributed by atoms with Crippen LogP contribution in [0.2, 0.25) is 0 Å². The highest BCUT2D eigenvalue weighted by atomic mass is 16.5. The Bertz CT molecular complexity index is 285. The summed E-state index contributed by atoms with van der Waals surface area (Å²) < 4.78 is 5.16. The molecule has 0 aromatic carbocycles. The van der Waals surface area contributed by atoms with Gasteiger partial charge in [-0.25, -0.2) is 4.79 Å². The van der Waals surface area contributed by atoms with Crippen LogP contribution in [0.1, 0.15) is 34.1 Å². The molecule has 1 fully saturated rings. The number of piperazine rings is 1. The molecule has 1 N–H and O–H groups in total. The number of nitrogens with one attached hydrogen (secondary N) is 1. The molecule has 1 heterocycles. The van der Waals surface area contributed by atoms with Crippen molar-refractivity contribution in [1.29, 1.82) is 0 Å². The number of hydrogen-bond acceptors (Lipinski definition) is 3. The highest BCUT2D eigenvalue weighted by molar-refractivity contribution is 5.74. The number of rotatable bonds is 6. The SMILES string of the molecule is COCCN1C(C)CN(C(=O)NCCC(C)C)CC1C. The lowest BCUT2D eigenvalue weighted by atomic mass is 10.1. The molecule has 1 rings (SSSR count). The van der Waals surface area contributed by atoms with Gasteiger partial charge in [-0.15, -0.1) is 0 Å². The van der Waals surface area contributed by atoms with E-state index in [1.165, 1.54) is 0 Å². The second-order valence-electron chi connectivity index (χ2n) is 6.25. The molecule has 0 aromatic heterocycles. The van der Waals surface area contributed by atoms with Crippen LogP contribution in [0.3, 0.4) is 0 Å². The minimum absolute atomic E-state index is 0.0794. The fourth-order valence-corrected chi connectivity index (χ4v) is 2.74. The minimum Gasteiger partial charge on any atom is -0.383 e. The molecule has 0 aromatic rings. The Kier molecular flexibility index (Phi) is 7.30. The van der Waals surface area contributed by atoms with E-state index in [-0.39, 0.29) is 6.03 Å². The first kappa shape index (κ1) is 17.2. The first-order valence-corrected chi connectivity index (χ1v) is 7.73. The number of amides is 2. The molecular weight excluding hydrogens is 254 g/mol.